The normalized spacial score (nSPS) is 36.9. The van der Waals surface area contributed by atoms with E-state index in [2.05, 4.69) is 33.8 Å². The summed E-state index contributed by atoms with van der Waals surface area (Å²) < 4.78 is 6.02. The molecule has 4 aliphatic rings. The summed E-state index contributed by atoms with van der Waals surface area (Å²) in [6.45, 7) is 9.84. The molecule has 0 radical (unpaired) electrons. The summed E-state index contributed by atoms with van der Waals surface area (Å²) in [4.78, 5) is 12.5. The molecule has 212 valence electrons. The smallest absolute Gasteiger partial charge is 0.306 e. The number of hydrogen-bond donors (Lipinski definition) is 0. The Morgan fingerprint density at radius 2 is 1.54 bits per heavy atom. The fourth-order valence-electron chi connectivity index (χ4n) is 9.60. The van der Waals surface area contributed by atoms with Crippen molar-refractivity contribution in [3.63, 3.8) is 0 Å². The first-order valence-electron chi connectivity index (χ1n) is 16.8. The molecular formula is C35H60O2. The van der Waals surface area contributed by atoms with Crippen molar-refractivity contribution in [2.24, 2.45) is 34.5 Å². The molecule has 0 bridgehead atoms. The molecule has 7 unspecified atom stereocenters. The maximum Gasteiger partial charge on any atom is 0.306 e. The molecule has 0 amide bonds. The number of unbranched alkanes of at least 4 members (excludes halogenated alkanes) is 9. The quantitative estimate of drug-likeness (QED) is 0.131. The van der Waals surface area contributed by atoms with Crippen LogP contribution in [-0.4, -0.2) is 12.1 Å². The van der Waals surface area contributed by atoms with Gasteiger partial charge < -0.3 is 4.74 Å². The first kappa shape index (κ1) is 29.2. The highest BCUT2D eigenvalue weighted by atomic mass is 16.5. The van der Waals surface area contributed by atoms with Gasteiger partial charge in [0.05, 0.1) is 0 Å². The summed E-state index contributed by atoms with van der Waals surface area (Å²) in [6, 6.07) is 0. The molecule has 7 atom stereocenters. The Morgan fingerprint density at radius 3 is 2.30 bits per heavy atom. The Bertz CT molecular complexity index is 754. The number of esters is 1. The Kier molecular flexibility index (Phi) is 10.7. The molecule has 4 aliphatic carbocycles. The van der Waals surface area contributed by atoms with Crippen molar-refractivity contribution < 1.29 is 9.53 Å². The molecule has 0 spiro atoms. The molecule has 0 aromatic carbocycles. The van der Waals surface area contributed by atoms with Gasteiger partial charge in [-0.3, -0.25) is 4.79 Å². The van der Waals surface area contributed by atoms with Gasteiger partial charge in [0.25, 0.3) is 0 Å². The minimum Gasteiger partial charge on any atom is -0.462 e. The number of ether oxygens (including phenoxy) is 1. The highest BCUT2D eigenvalue weighted by Gasteiger charge is 2.58. The molecule has 0 aliphatic heterocycles. The third-order valence-electron chi connectivity index (χ3n) is 11.9. The Labute approximate surface area is 230 Å². The zero-order chi connectivity index (χ0) is 26.3. The lowest BCUT2D eigenvalue weighted by atomic mass is 9.47. The largest absolute Gasteiger partial charge is 0.462 e. The zero-order valence-corrected chi connectivity index (χ0v) is 25.1. The van der Waals surface area contributed by atoms with Gasteiger partial charge in [0.15, 0.2) is 0 Å². The van der Waals surface area contributed by atoms with E-state index in [-0.39, 0.29) is 12.1 Å². The van der Waals surface area contributed by atoms with E-state index in [1.165, 1.54) is 109 Å². The first-order valence-corrected chi connectivity index (χ1v) is 16.8. The second-order valence-electron chi connectivity index (χ2n) is 14.2. The van der Waals surface area contributed by atoms with E-state index in [1.54, 1.807) is 5.57 Å². The van der Waals surface area contributed by atoms with Crippen LogP contribution in [0.25, 0.3) is 0 Å². The second kappa shape index (κ2) is 13.5. The summed E-state index contributed by atoms with van der Waals surface area (Å²) in [5.74, 6) is 3.71. The van der Waals surface area contributed by atoms with Crippen LogP contribution < -0.4 is 0 Å². The molecule has 0 aromatic heterocycles. The van der Waals surface area contributed by atoms with Crippen LogP contribution in [0.2, 0.25) is 0 Å². The van der Waals surface area contributed by atoms with Gasteiger partial charge in [-0.2, -0.15) is 0 Å². The topological polar surface area (TPSA) is 26.3 Å². The van der Waals surface area contributed by atoms with Crippen molar-refractivity contribution in [1.29, 1.82) is 0 Å². The summed E-state index contributed by atoms with van der Waals surface area (Å²) in [5.41, 5.74) is 2.59. The van der Waals surface area contributed by atoms with Gasteiger partial charge in [-0.25, -0.2) is 0 Å². The van der Waals surface area contributed by atoms with E-state index < -0.39 is 0 Å². The van der Waals surface area contributed by atoms with Gasteiger partial charge in [0.2, 0.25) is 0 Å². The lowest BCUT2D eigenvalue weighted by Gasteiger charge is -2.58. The summed E-state index contributed by atoms with van der Waals surface area (Å²) in [7, 11) is 0. The number of hydrogen-bond acceptors (Lipinski definition) is 2. The van der Waals surface area contributed by atoms with E-state index in [9.17, 15) is 4.79 Å². The third kappa shape index (κ3) is 6.69. The van der Waals surface area contributed by atoms with E-state index in [0.29, 0.717) is 17.3 Å². The zero-order valence-electron chi connectivity index (χ0n) is 25.1. The van der Waals surface area contributed by atoms with Gasteiger partial charge in [-0.05, 0) is 92.3 Å². The van der Waals surface area contributed by atoms with Crippen LogP contribution in [0.3, 0.4) is 0 Å². The minimum absolute atomic E-state index is 0.0511. The van der Waals surface area contributed by atoms with Crippen LogP contribution in [0.5, 0.6) is 0 Å². The molecule has 4 rings (SSSR count). The van der Waals surface area contributed by atoms with Crippen molar-refractivity contribution in [1.82, 2.24) is 0 Å². The van der Waals surface area contributed by atoms with Crippen LogP contribution in [0.4, 0.5) is 0 Å². The standard InChI is InChI=1S/C35H60O2/c1-5-7-9-11-13-14-16-27-19-21-31-30-20-18-28-26-29(37-33(36)17-15-12-10-8-6-2)22-24-35(28,4)32(30)23-25-34(27,31)3/h18,27,29-32H,5-17,19-26H2,1-4H3. The molecule has 0 aromatic rings. The van der Waals surface area contributed by atoms with Crippen molar-refractivity contribution in [3.05, 3.63) is 11.6 Å². The molecule has 0 saturated heterocycles. The van der Waals surface area contributed by atoms with Crippen LogP contribution in [-0.2, 0) is 9.53 Å². The SMILES string of the molecule is CCCCCCCCC1CCC2C3CC=C4CC(OC(=O)CCCCCCC)CCC4(C)C3CCC12C. The van der Waals surface area contributed by atoms with E-state index >= 15 is 0 Å². The summed E-state index contributed by atoms with van der Waals surface area (Å²) in [5, 5.41) is 0. The number of carbonyl (C=O) groups excluding carboxylic acids is 1. The third-order valence-corrected chi connectivity index (χ3v) is 11.9. The molecule has 3 saturated carbocycles. The van der Waals surface area contributed by atoms with E-state index in [1.807, 2.05) is 0 Å². The molecule has 0 N–H and O–H groups in total. The molecule has 2 heteroatoms. The molecule has 2 nitrogen and oxygen atoms in total. The monoisotopic (exact) mass is 512 g/mol. The number of rotatable bonds is 14. The summed E-state index contributed by atoms with van der Waals surface area (Å²) >= 11 is 0. The Hall–Kier alpha value is -0.790. The van der Waals surface area contributed by atoms with Gasteiger partial charge in [0, 0.05) is 12.8 Å². The van der Waals surface area contributed by atoms with Gasteiger partial charge in [-0.1, -0.05) is 104 Å². The van der Waals surface area contributed by atoms with E-state index in [4.69, 9.17) is 4.74 Å². The number of allylic oxidation sites excluding steroid dienone is 1. The van der Waals surface area contributed by atoms with E-state index in [0.717, 1.165) is 42.9 Å². The number of fused-ring (bicyclic) bond motifs is 5. The predicted molar refractivity (Wildman–Crippen MR) is 156 cm³/mol. The minimum atomic E-state index is 0.0511. The average Bonchev–Trinajstić information content (AvgIpc) is 3.22. The summed E-state index contributed by atoms with van der Waals surface area (Å²) in [6.07, 6.45) is 29.8. The number of carbonyl (C=O) groups is 1. The molecule has 3 fully saturated rings. The molecule has 0 heterocycles. The van der Waals surface area contributed by atoms with Crippen LogP contribution in [0.1, 0.15) is 163 Å². The van der Waals surface area contributed by atoms with Crippen LogP contribution in [0, 0.1) is 34.5 Å². The first-order chi connectivity index (χ1) is 17.9. The predicted octanol–water partition coefficient (Wildman–Crippen LogP) is 10.6. The maximum atomic E-state index is 12.5. The van der Waals surface area contributed by atoms with Gasteiger partial charge in [0.1, 0.15) is 6.10 Å². The average molecular weight is 513 g/mol. The highest BCUT2D eigenvalue weighted by Crippen LogP contribution is 2.66. The van der Waals surface area contributed by atoms with Crippen molar-refractivity contribution in [2.75, 3.05) is 0 Å². The molecule has 37 heavy (non-hydrogen) atoms. The van der Waals surface area contributed by atoms with Crippen molar-refractivity contribution in [3.8, 4) is 0 Å². The Balaban J connectivity index is 1.29. The second-order valence-corrected chi connectivity index (χ2v) is 14.2. The fraction of sp³-hybridized carbons (Fsp3) is 0.914. The maximum absolute atomic E-state index is 12.5. The van der Waals surface area contributed by atoms with Crippen LogP contribution in [0.15, 0.2) is 11.6 Å². The van der Waals surface area contributed by atoms with Gasteiger partial charge >= 0.3 is 5.97 Å². The van der Waals surface area contributed by atoms with Crippen molar-refractivity contribution >= 4 is 5.97 Å². The van der Waals surface area contributed by atoms with Gasteiger partial charge in [-0.15, -0.1) is 0 Å². The lowest BCUT2D eigenvalue weighted by Crippen LogP contribution is -2.50. The Morgan fingerprint density at radius 1 is 0.838 bits per heavy atom. The lowest BCUT2D eigenvalue weighted by molar-refractivity contribution is -0.151. The fourth-order valence-corrected chi connectivity index (χ4v) is 9.60. The van der Waals surface area contributed by atoms with Crippen molar-refractivity contribution in [2.45, 2.75) is 169 Å². The highest BCUT2D eigenvalue weighted by molar-refractivity contribution is 5.69. The van der Waals surface area contributed by atoms with Crippen LogP contribution >= 0.6 is 0 Å². The molecular weight excluding hydrogens is 452 g/mol.